The van der Waals surface area contributed by atoms with Gasteiger partial charge in [0.05, 0.1) is 28.6 Å². The Morgan fingerprint density at radius 1 is 1.26 bits per heavy atom. The molecule has 1 atom stereocenters. The van der Waals surface area contributed by atoms with Gasteiger partial charge in [-0.05, 0) is 32.5 Å². The molecule has 5 nitrogen and oxygen atoms in total. The Kier molecular flexibility index (Phi) is 4.83. The number of aromatic nitrogens is 4. The van der Waals surface area contributed by atoms with Crippen LogP contribution in [0.2, 0.25) is 0 Å². The highest BCUT2D eigenvalue weighted by Gasteiger charge is 2.17. The minimum atomic E-state index is 0.194. The maximum atomic E-state index is 4.42. The summed E-state index contributed by atoms with van der Waals surface area (Å²) in [4.78, 5) is 7.98. The van der Waals surface area contributed by atoms with Crippen LogP contribution in [-0.4, -0.2) is 31.9 Å². The molecule has 3 aromatic rings. The summed E-state index contributed by atoms with van der Waals surface area (Å²) in [7, 11) is 2.11. The number of thiazole rings is 1. The van der Waals surface area contributed by atoms with E-state index < -0.39 is 0 Å². The van der Waals surface area contributed by atoms with Crippen LogP contribution in [0.15, 0.2) is 42.7 Å². The Morgan fingerprint density at radius 2 is 2.04 bits per heavy atom. The minimum absolute atomic E-state index is 0.194. The highest BCUT2D eigenvalue weighted by molar-refractivity contribution is 7.11. The normalized spacial score (nSPS) is 12.7. The van der Waals surface area contributed by atoms with E-state index >= 15 is 0 Å². The molecule has 2 heterocycles. The molecule has 0 bridgehead atoms. The summed E-state index contributed by atoms with van der Waals surface area (Å²) < 4.78 is 1.82. The lowest BCUT2D eigenvalue weighted by molar-refractivity contribution is 0.250. The third-order valence-electron chi connectivity index (χ3n) is 3.93. The van der Waals surface area contributed by atoms with E-state index in [9.17, 15) is 0 Å². The molecular formula is C17H21N5S. The second-order valence-electron chi connectivity index (χ2n) is 5.59. The third kappa shape index (κ3) is 3.65. The van der Waals surface area contributed by atoms with Crippen LogP contribution in [0.1, 0.15) is 35.5 Å². The van der Waals surface area contributed by atoms with Crippen molar-refractivity contribution in [3.63, 3.8) is 0 Å². The van der Waals surface area contributed by atoms with Gasteiger partial charge in [-0.15, -0.1) is 16.4 Å². The van der Waals surface area contributed by atoms with Gasteiger partial charge in [0.1, 0.15) is 0 Å². The molecule has 0 aliphatic rings. The fraction of sp³-hybridized carbons (Fsp3) is 0.353. The van der Waals surface area contributed by atoms with E-state index in [0.29, 0.717) is 0 Å². The summed E-state index contributed by atoms with van der Waals surface area (Å²) >= 11 is 1.78. The smallest absolute Gasteiger partial charge is 0.1000 e. The molecule has 1 aromatic carbocycles. The summed E-state index contributed by atoms with van der Waals surface area (Å²) in [6, 6.07) is 10.2. The second-order valence-corrected chi connectivity index (χ2v) is 6.79. The standard InChI is InChI=1S/C17H21N5S/c1-4-17-18-10-15(23-17)11-21(3)13(2)16-12-22(20-19-16)14-8-6-5-7-9-14/h5-10,12-13H,4,11H2,1-3H3/t13-/m0/s1. The first-order chi connectivity index (χ1) is 11.2. The molecule has 0 fully saturated rings. The summed E-state index contributed by atoms with van der Waals surface area (Å²) in [5, 5.41) is 9.77. The summed E-state index contributed by atoms with van der Waals surface area (Å²) in [5.41, 5.74) is 1.99. The van der Waals surface area contributed by atoms with E-state index in [4.69, 9.17) is 0 Å². The van der Waals surface area contributed by atoms with Crippen LogP contribution < -0.4 is 0 Å². The van der Waals surface area contributed by atoms with E-state index in [2.05, 4.69) is 41.1 Å². The Balaban J connectivity index is 1.70. The first kappa shape index (κ1) is 15.8. The van der Waals surface area contributed by atoms with Crippen molar-refractivity contribution in [1.82, 2.24) is 24.9 Å². The quantitative estimate of drug-likeness (QED) is 0.695. The van der Waals surface area contributed by atoms with Gasteiger partial charge in [-0.25, -0.2) is 9.67 Å². The lowest BCUT2D eigenvalue weighted by Gasteiger charge is -2.21. The van der Waals surface area contributed by atoms with E-state index in [1.165, 1.54) is 9.88 Å². The monoisotopic (exact) mass is 327 g/mol. The number of aryl methyl sites for hydroxylation is 1. The van der Waals surface area contributed by atoms with Crippen LogP contribution in [0.4, 0.5) is 0 Å². The van der Waals surface area contributed by atoms with Gasteiger partial charge in [0.25, 0.3) is 0 Å². The number of benzene rings is 1. The molecule has 0 radical (unpaired) electrons. The lowest BCUT2D eigenvalue weighted by atomic mass is 10.2. The van der Waals surface area contributed by atoms with Crippen molar-refractivity contribution in [3.8, 4) is 5.69 Å². The van der Waals surface area contributed by atoms with E-state index in [1.807, 2.05) is 47.4 Å². The van der Waals surface area contributed by atoms with Crippen LogP contribution in [0.25, 0.3) is 5.69 Å². The fourth-order valence-corrected chi connectivity index (χ4v) is 3.29. The Labute approximate surface area is 140 Å². The molecule has 120 valence electrons. The predicted molar refractivity (Wildman–Crippen MR) is 92.7 cm³/mol. The number of para-hydroxylation sites is 1. The maximum Gasteiger partial charge on any atom is 0.1000 e. The number of hydrogen-bond donors (Lipinski definition) is 0. The highest BCUT2D eigenvalue weighted by atomic mass is 32.1. The largest absolute Gasteiger partial charge is 0.293 e. The van der Waals surface area contributed by atoms with Crippen molar-refractivity contribution >= 4 is 11.3 Å². The van der Waals surface area contributed by atoms with Crippen molar-refractivity contribution in [2.75, 3.05) is 7.05 Å². The predicted octanol–water partition coefficient (Wildman–Crippen LogP) is 3.48. The zero-order valence-electron chi connectivity index (χ0n) is 13.7. The molecule has 0 aliphatic carbocycles. The van der Waals surface area contributed by atoms with Gasteiger partial charge in [-0.1, -0.05) is 30.3 Å². The van der Waals surface area contributed by atoms with Crippen LogP contribution in [0, 0.1) is 0 Å². The van der Waals surface area contributed by atoms with Crippen molar-refractivity contribution in [1.29, 1.82) is 0 Å². The van der Waals surface area contributed by atoms with Crippen LogP contribution in [-0.2, 0) is 13.0 Å². The first-order valence-electron chi connectivity index (χ1n) is 7.79. The zero-order chi connectivity index (χ0) is 16.2. The zero-order valence-corrected chi connectivity index (χ0v) is 14.5. The van der Waals surface area contributed by atoms with Gasteiger partial charge >= 0.3 is 0 Å². The van der Waals surface area contributed by atoms with Gasteiger partial charge in [-0.2, -0.15) is 0 Å². The Hall–Kier alpha value is -2.05. The summed E-state index contributed by atoms with van der Waals surface area (Å²) in [6.07, 6.45) is 4.98. The molecule has 23 heavy (non-hydrogen) atoms. The minimum Gasteiger partial charge on any atom is -0.293 e. The molecule has 2 aromatic heterocycles. The molecule has 3 rings (SSSR count). The number of hydrogen-bond acceptors (Lipinski definition) is 5. The summed E-state index contributed by atoms with van der Waals surface area (Å²) in [6.45, 7) is 5.16. The second kappa shape index (κ2) is 7.02. The first-order valence-corrected chi connectivity index (χ1v) is 8.60. The Morgan fingerprint density at radius 3 is 2.74 bits per heavy atom. The maximum absolute atomic E-state index is 4.42. The number of nitrogens with zero attached hydrogens (tertiary/aromatic N) is 5. The molecule has 6 heteroatoms. The molecule has 0 N–H and O–H groups in total. The lowest BCUT2D eigenvalue weighted by Crippen LogP contribution is -2.21. The molecule has 0 spiro atoms. The van der Waals surface area contributed by atoms with Gasteiger partial charge in [0.2, 0.25) is 0 Å². The van der Waals surface area contributed by atoms with Crippen molar-refractivity contribution in [3.05, 3.63) is 58.3 Å². The topological polar surface area (TPSA) is 46.8 Å². The molecule has 0 saturated carbocycles. The van der Waals surface area contributed by atoms with Crippen LogP contribution >= 0.6 is 11.3 Å². The van der Waals surface area contributed by atoms with Crippen molar-refractivity contribution < 1.29 is 0 Å². The van der Waals surface area contributed by atoms with Gasteiger partial charge in [0.15, 0.2) is 0 Å². The van der Waals surface area contributed by atoms with Crippen LogP contribution in [0.3, 0.4) is 0 Å². The van der Waals surface area contributed by atoms with Gasteiger partial charge < -0.3 is 0 Å². The molecule has 0 unspecified atom stereocenters. The fourth-order valence-electron chi connectivity index (χ4n) is 2.37. The van der Waals surface area contributed by atoms with Crippen molar-refractivity contribution in [2.45, 2.75) is 32.9 Å². The molecule has 0 saturated heterocycles. The molecule has 0 amide bonds. The highest BCUT2D eigenvalue weighted by Crippen LogP contribution is 2.22. The van der Waals surface area contributed by atoms with E-state index in [1.54, 1.807) is 11.3 Å². The van der Waals surface area contributed by atoms with Crippen LogP contribution in [0.5, 0.6) is 0 Å². The van der Waals surface area contributed by atoms with E-state index in [0.717, 1.165) is 24.3 Å². The average molecular weight is 327 g/mol. The Bertz CT molecular complexity index is 749. The van der Waals surface area contributed by atoms with Gasteiger partial charge in [0, 0.05) is 17.6 Å². The molecule has 0 aliphatic heterocycles. The third-order valence-corrected chi connectivity index (χ3v) is 5.06. The molecular weight excluding hydrogens is 306 g/mol. The van der Waals surface area contributed by atoms with Crippen molar-refractivity contribution in [2.24, 2.45) is 0 Å². The SMILES string of the molecule is CCc1ncc(CN(C)[C@@H](C)c2cn(-c3ccccc3)nn2)s1. The average Bonchev–Trinajstić information content (AvgIpc) is 3.24. The number of rotatable bonds is 6. The van der Waals surface area contributed by atoms with E-state index in [-0.39, 0.29) is 6.04 Å². The van der Waals surface area contributed by atoms with Gasteiger partial charge in [-0.3, -0.25) is 4.90 Å². The summed E-state index contributed by atoms with van der Waals surface area (Å²) in [5.74, 6) is 0.